The summed E-state index contributed by atoms with van der Waals surface area (Å²) in [5.41, 5.74) is 0.750. The zero-order valence-corrected chi connectivity index (χ0v) is 35.3. The average Bonchev–Trinajstić information content (AvgIpc) is 3.66. The van der Waals surface area contributed by atoms with E-state index in [9.17, 15) is 5.11 Å². The molecule has 1 fully saturated rings. The predicted octanol–water partition coefficient (Wildman–Crippen LogP) is 14.3. The highest BCUT2D eigenvalue weighted by molar-refractivity contribution is 4.97. The van der Waals surface area contributed by atoms with E-state index in [1.54, 1.807) is 0 Å². The summed E-state index contributed by atoms with van der Waals surface area (Å²) in [4.78, 5) is 0. The summed E-state index contributed by atoms with van der Waals surface area (Å²) < 4.78 is 0. The van der Waals surface area contributed by atoms with E-state index in [0.717, 1.165) is 64.6 Å². The number of rotatable bonds is 10. The fourth-order valence-electron chi connectivity index (χ4n) is 4.84. The van der Waals surface area contributed by atoms with Crippen LogP contribution < -0.4 is 0 Å². The molecule has 1 N–H and O–H groups in total. The molecule has 0 atom stereocenters. The van der Waals surface area contributed by atoms with E-state index in [0.29, 0.717) is 17.3 Å². The monoisotopic (exact) mass is 613 g/mol. The van der Waals surface area contributed by atoms with E-state index in [1.165, 1.54) is 12.8 Å². The molecule has 0 aromatic rings. The molecule has 1 rings (SSSR count). The maximum atomic E-state index is 9.67. The summed E-state index contributed by atoms with van der Waals surface area (Å²) in [6.45, 7) is 56.2. The molecule has 1 aliphatic carbocycles. The van der Waals surface area contributed by atoms with Gasteiger partial charge in [-0.2, -0.15) is 0 Å². The van der Waals surface area contributed by atoms with Crippen LogP contribution in [0.1, 0.15) is 186 Å². The minimum atomic E-state index is -0.500. The summed E-state index contributed by atoms with van der Waals surface area (Å²) in [5, 5.41) is 9.67. The third kappa shape index (κ3) is 20.7. The summed E-state index contributed by atoms with van der Waals surface area (Å²) in [5.74, 6) is 9.18. The van der Waals surface area contributed by atoms with Gasteiger partial charge in [-0.1, -0.05) is 166 Å². The Labute approximate surface area is 278 Å². The molecule has 0 unspecified atom stereocenters. The quantitative estimate of drug-likeness (QED) is 0.260. The van der Waals surface area contributed by atoms with Crippen LogP contribution in [0.3, 0.4) is 0 Å². The highest BCUT2D eigenvalue weighted by atomic mass is 16.3. The Balaban J connectivity index is -0.000000221. The van der Waals surface area contributed by atoms with E-state index >= 15 is 0 Å². The summed E-state index contributed by atoms with van der Waals surface area (Å²) in [7, 11) is 0. The van der Waals surface area contributed by atoms with Crippen molar-refractivity contribution in [1.29, 1.82) is 0 Å². The first-order chi connectivity index (χ1) is 19.0. The zero-order valence-electron chi connectivity index (χ0n) is 35.3. The summed E-state index contributed by atoms with van der Waals surface area (Å²) in [6, 6.07) is 0. The van der Waals surface area contributed by atoms with Gasteiger partial charge in [-0.25, -0.2) is 0 Å². The molecule has 0 amide bonds. The van der Waals surface area contributed by atoms with Crippen LogP contribution in [0.4, 0.5) is 0 Å². The maximum Gasteiger partial charge on any atom is 0.0665 e. The van der Waals surface area contributed by atoms with Crippen LogP contribution in [0, 0.1) is 81.8 Å². The molecule has 0 aromatic heterocycles. The number of aliphatic hydroxyl groups is 1. The molecule has 0 aliphatic heterocycles. The van der Waals surface area contributed by atoms with Gasteiger partial charge in [0.05, 0.1) is 5.60 Å². The molecular weight excluding hydrogens is 520 g/mol. The van der Waals surface area contributed by atoms with Crippen molar-refractivity contribution in [1.82, 2.24) is 0 Å². The van der Waals surface area contributed by atoms with E-state index in [1.807, 2.05) is 34.6 Å². The lowest BCUT2D eigenvalue weighted by Crippen LogP contribution is -2.36. The van der Waals surface area contributed by atoms with Crippen LogP contribution in [0.2, 0.25) is 0 Å². The lowest BCUT2D eigenvalue weighted by Gasteiger charge is -2.33. The second kappa shape index (κ2) is 22.5. The summed E-state index contributed by atoms with van der Waals surface area (Å²) in [6.07, 6.45) is 2.95. The standard InChI is InChI=1S/C9H18.C9H20.C8H18O.2C8H18/c1-7(2)9(5-6-9)8(3)4;1-7(2)9(5,6)8(3)4;1-6(2)8(5,9)7(3)4;2*1-6(2)8(5)7(3)4/h7-8H,5-6H2,1-4H3;7-8H,1-6H3;6-7,9H,1-5H3;2*6-8H,1-5H3. The minimum Gasteiger partial charge on any atom is -0.390 e. The first-order valence-corrected chi connectivity index (χ1v) is 18.7. The van der Waals surface area contributed by atoms with Crippen molar-refractivity contribution in [2.24, 2.45) is 81.8 Å². The van der Waals surface area contributed by atoms with Gasteiger partial charge in [0.2, 0.25) is 0 Å². The van der Waals surface area contributed by atoms with E-state index < -0.39 is 5.60 Å². The molecule has 0 bridgehead atoms. The fourth-order valence-corrected chi connectivity index (χ4v) is 4.84. The van der Waals surface area contributed by atoms with Gasteiger partial charge in [0.15, 0.2) is 0 Å². The number of hydrogen-bond acceptors (Lipinski definition) is 1. The Morgan fingerprint density at radius 1 is 0.395 bits per heavy atom. The molecular formula is C42H92O. The first-order valence-electron chi connectivity index (χ1n) is 18.7. The highest BCUT2D eigenvalue weighted by Gasteiger charge is 2.47. The molecule has 0 spiro atoms. The second-order valence-corrected chi connectivity index (χ2v) is 18.4. The van der Waals surface area contributed by atoms with E-state index in [-0.39, 0.29) is 0 Å². The smallest absolute Gasteiger partial charge is 0.0665 e. The van der Waals surface area contributed by atoms with Crippen molar-refractivity contribution in [3.8, 4) is 0 Å². The Bertz CT molecular complexity index is 516. The van der Waals surface area contributed by atoms with Crippen molar-refractivity contribution >= 4 is 0 Å². The predicted molar refractivity (Wildman–Crippen MR) is 203 cm³/mol. The van der Waals surface area contributed by atoms with Gasteiger partial charge in [-0.15, -0.1) is 0 Å². The van der Waals surface area contributed by atoms with Gasteiger partial charge < -0.3 is 5.11 Å². The largest absolute Gasteiger partial charge is 0.390 e. The zero-order chi connectivity index (χ0) is 35.8. The van der Waals surface area contributed by atoms with Crippen LogP contribution in [0.25, 0.3) is 0 Å². The van der Waals surface area contributed by atoms with Crippen molar-refractivity contribution in [3.63, 3.8) is 0 Å². The Kier molecular flexibility index (Phi) is 26.1. The van der Waals surface area contributed by atoms with Crippen LogP contribution in [-0.4, -0.2) is 10.7 Å². The van der Waals surface area contributed by atoms with Gasteiger partial charge >= 0.3 is 0 Å². The van der Waals surface area contributed by atoms with E-state index in [4.69, 9.17) is 0 Å². The van der Waals surface area contributed by atoms with Gasteiger partial charge in [-0.3, -0.25) is 0 Å². The molecule has 0 radical (unpaired) electrons. The van der Waals surface area contributed by atoms with E-state index in [2.05, 4.69) is 138 Å². The SMILES string of the molecule is CC(C)C(C)(C)C(C)C.CC(C)C(C)(O)C(C)C.CC(C)C(C)C(C)C.CC(C)C(C)C(C)C.CC(C)C1(C(C)C)CC1. The molecule has 1 nitrogen and oxygen atoms in total. The van der Waals surface area contributed by atoms with Crippen LogP contribution in [0.15, 0.2) is 0 Å². The van der Waals surface area contributed by atoms with Gasteiger partial charge in [0.25, 0.3) is 0 Å². The number of hydrogen-bond donors (Lipinski definition) is 1. The molecule has 0 heterocycles. The third-order valence-corrected chi connectivity index (χ3v) is 12.6. The topological polar surface area (TPSA) is 20.2 Å². The van der Waals surface area contributed by atoms with Gasteiger partial charge in [0.1, 0.15) is 0 Å². The average molecular weight is 613 g/mol. The molecule has 43 heavy (non-hydrogen) atoms. The van der Waals surface area contributed by atoms with Crippen LogP contribution in [0.5, 0.6) is 0 Å². The van der Waals surface area contributed by atoms with Crippen molar-refractivity contribution in [2.75, 3.05) is 0 Å². The fraction of sp³-hybridized carbons (Fsp3) is 1.00. The molecule has 1 heteroatoms. The van der Waals surface area contributed by atoms with Crippen LogP contribution in [-0.2, 0) is 0 Å². The van der Waals surface area contributed by atoms with Crippen molar-refractivity contribution in [3.05, 3.63) is 0 Å². The normalized spacial score (nSPS) is 14.9. The van der Waals surface area contributed by atoms with Crippen molar-refractivity contribution < 1.29 is 5.11 Å². The van der Waals surface area contributed by atoms with Gasteiger partial charge in [-0.05, 0) is 102 Å². The molecule has 1 aliphatic rings. The summed E-state index contributed by atoms with van der Waals surface area (Å²) >= 11 is 0. The van der Waals surface area contributed by atoms with Crippen LogP contribution >= 0.6 is 0 Å². The lowest BCUT2D eigenvalue weighted by atomic mass is 9.72. The third-order valence-electron chi connectivity index (χ3n) is 12.6. The minimum absolute atomic E-state index is 0.345. The maximum absolute atomic E-state index is 9.67. The molecule has 266 valence electrons. The molecule has 0 saturated heterocycles. The molecule has 1 saturated carbocycles. The lowest BCUT2D eigenvalue weighted by molar-refractivity contribution is -0.0289. The second-order valence-electron chi connectivity index (χ2n) is 18.4. The molecule has 0 aromatic carbocycles. The first kappa shape index (κ1) is 49.8. The Morgan fingerprint density at radius 2 is 0.605 bits per heavy atom. The Morgan fingerprint density at radius 3 is 0.605 bits per heavy atom. The Hall–Kier alpha value is -0.0400. The van der Waals surface area contributed by atoms with Gasteiger partial charge in [0, 0.05) is 0 Å². The highest BCUT2D eigenvalue weighted by Crippen LogP contribution is 2.57. The van der Waals surface area contributed by atoms with Crippen molar-refractivity contribution in [2.45, 2.75) is 192 Å².